The Kier molecular flexibility index (Phi) is 3.35. The normalized spacial score (nSPS) is 12.6. The van der Waals surface area contributed by atoms with Gasteiger partial charge in [0.1, 0.15) is 6.10 Å². The first-order valence-corrected chi connectivity index (χ1v) is 6.24. The number of pyridine rings is 1. The Morgan fingerprint density at radius 1 is 0.952 bits per heavy atom. The monoisotopic (exact) mass is 289 g/mol. The summed E-state index contributed by atoms with van der Waals surface area (Å²) >= 11 is 0. The van der Waals surface area contributed by atoms with Crippen LogP contribution in [-0.2, 0) is 0 Å². The van der Waals surface area contributed by atoms with E-state index in [1.165, 1.54) is 6.20 Å². The van der Waals surface area contributed by atoms with Crippen molar-refractivity contribution in [3.63, 3.8) is 0 Å². The molecule has 0 saturated heterocycles. The summed E-state index contributed by atoms with van der Waals surface area (Å²) in [6.07, 6.45) is -0.0366. The van der Waals surface area contributed by atoms with Crippen molar-refractivity contribution in [1.82, 2.24) is 4.98 Å². The fourth-order valence-electron chi connectivity index (χ4n) is 2.17. The molecule has 3 aromatic rings. The molecule has 106 valence electrons. The maximum atomic E-state index is 13.7. The Morgan fingerprint density at radius 3 is 2.52 bits per heavy atom. The number of nitrogens with zero attached hydrogens (tertiary/aromatic N) is 1. The van der Waals surface area contributed by atoms with Gasteiger partial charge in [-0.15, -0.1) is 0 Å². The largest absolute Gasteiger partial charge is 0.383 e. The standard InChI is InChI=1S/C16H10F3NO/c17-12-6-5-11(14(18)15(12)19)16(21)10-7-9-3-1-2-4-13(9)20-8-10/h1-8,16,21H. The lowest BCUT2D eigenvalue weighted by atomic mass is 10.0. The summed E-state index contributed by atoms with van der Waals surface area (Å²) in [7, 11) is 0. The molecule has 0 bridgehead atoms. The zero-order valence-electron chi connectivity index (χ0n) is 10.7. The average Bonchev–Trinajstić information content (AvgIpc) is 2.52. The van der Waals surface area contributed by atoms with Gasteiger partial charge < -0.3 is 5.11 Å². The van der Waals surface area contributed by atoms with Gasteiger partial charge in [0.05, 0.1) is 5.52 Å². The van der Waals surface area contributed by atoms with Gasteiger partial charge in [-0.05, 0) is 18.2 Å². The first kappa shape index (κ1) is 13.6. The first-order chi connectivity index (χ1) is 10.1. The van der Waals surface area contributed by atoms with Gasteiger partial charge in [0.25, 0.3) is 0 Å². The zero-order valence-corrected chi connectivity index (χ0v) is 10.7. The van der Waals surface area contributed by atoms with Gasteiger partial charge in [-0.3, -0.25) is 4.98 Å². The molecule has 21 heavy (non-hydrogen) atoms. The van der Waals surface area contributed by atoms with E-state index in [0.29, 0.717) is 5.56 Å². The van der Waals surface area contributed by atoms with Crippen LogP contribution in [0, 0.1) is 17.5 Å². The molecule has 0 fully saturated rings. The maximum Gasteiger partial charge on any atom is 0.194 e. The lowest BCUT2D eigenvalue weighted by Crippen LogP contribution is -2.06. The second-order valence-corrected chi connectivity index (χ2v) is 4.63. The smallest absolute Gasteiger partial charge is 0.194 e. The Morgan fingerprint density at radius 2 is 1.71 bits per heavy atom. The third-order valence-corrected chi connectivity index (χ3v) is 3.29. The molecule has 0 radical (unpaired) electrons. The number of benzene rings is 2. The first-order valence-electron chi connectivity index (χ1n) is 6.24. The van der Waals surface area contributed by atoms with E-state index in [4.69, 9.17) is 0 Å². The highest BCUT2D eigenvalue weighted by Gasteiger charge is 2.20. The molecule has 1 unspecified atom stereocenters. The third kappa shape index (κ3) is 2.36. The van der Waals surface area contributed by atoms with Crippen molar-refractivity contribution >= 4 is 10.9 Å². The third-order valence-electron chi connectivity index (χ3n) is 3.29. The minimum absolute atomic E-state index is 0.304. The quantitative estimate of drug-likeness (QED) is 0.729. The second-order valence-electron chi connectivity index (χ2n) is 4.63. The Hall–Kier alpha value is -2.40. The molecule has 1 heterocycles. The predicted octanol–water partition coefficient (Wildman–Crippen LogP) is 3.73. The second kappa shape index (κ2) is 5.18. The van der Waals surface area contributed by atoms with Crippen LogP contribution in [0.3, 0.4) is 0 Å². The summed E-state index contributed by atoms with van der Waals surface area (Å²) in [6.45, 7) is 0. The van der Waals surface area contributed by atoms with Crippen molar-refractivity contribution in [1.29, 1.82) is 0 Å². The van der Waals surface area contributed by atoms with E-state index in [2.05, 4.69) is 4.98 Å². The van der Waals surface area contributed by atoms with Gasteiger partial charge in [0, 0.05) is 22.7 Å². The van der Waals surface area contributed by atoms with Crippen LogP contribution in [0.2, 0.25) is 0 Å². The molecule has 1 N–H and O–H groups in total. The van der Waals surface area contributed by atoms with Crippen LogP contribution in [0.5, 0.6) is 0 Å². The molecule has 1 aromatic heterocycles. The van der Waals surface area contributed by atoms with Crippen LogP contribution in [-0.4, -0.2) is 10.1 Å². The fourth-order valence-corrected chi connectivity index (χ4v) is 2.17. The van der Waals surface area contributed by atoms with Crippen LogP contribution < -0.4 is 0 Å². The Balaban J connectivity index is 2.08. The van der Waals surface area contributed by atoms with Gasteiger partial charge >= 0.3 is 0 Å². The van der Waals surface area contributed by atoms with E-state index < -0.39 is 23.6 Å². The van der Waals surface area contributed by atoms with Gasteiger partial charge in [-0.2, -0.15) is 0 Å². The molecule has 1 atom stereocenters. The van der Waals surface area contributed by atoms with Crippen LogP contribution in [0.1, 0.15) is 17.2 Å². The molecule has 0 aliphatic rings. The number of para-hydroxylation sites is 1. The molecule has 0 saturated carbocycles. The lowest BCUT2D eigenvalue weighted by Gasteiger charge is -2.13. The van der Waals surface area contributed by atoms with E-state index in [0.717, 1.165) is 23.0 Å². The molecular formula is C16H10F3NO. The molecule has 0 spiro atoms. The van der Waals surface area contributed by atoms with E-state index in [1.54, 1.807) is 24.3 Å². The minimum atomic E-state index is -1.60. The molecule has 3 rings (SSSR count). The Bertz CT molecular complexity index is 820. The van der Waals surface area contributed by atoms with Gasteiger partial charge in [0.2, 0.25) is 0 Å². The van der Waals surface area contributed by atoms with Crippen molar-refractivity contribution in [2.75, 3.05) is 0 Å². The highest BCUT2D eigenvalue weighted by atomic mass is 19.2. The summed E-state index contributed by atoms with van der Waals surface area (Å²) in [5.74, 6) is -4.28. The van der Waals surface area contributed by atoms with Crippen LogP contribution >= 0.6 is 0 Å². The van der Waals surface area contributed by atoms with E-state index in [9.17, 15) is 18.3 Å². The van der Waals surface area contributed by atoms with Crippen molar-refractivity contribution in [2.45, 2.75) is 6.10 Å². The van der Waals surface area contributed by atoms with Crippen molar-refractivity contribution in [3.8, 4) is 0 Å². The number of aromatic nitrogens is 1. The molecule has 0 aliphatic carbocycles. The van der Waals surface area contributed by atoms with Gasteiger partial charge in [-0.1, -0.05) is 24.3 Å². The molecule has 0 aliphatic heterocycles. The summed E-state index contributed by atoms with van der Waals surface area (Å²) in [5, 5.41) is 10.9. The van der Waals surface area contributed by atoms with E-state index in [-0.39, 0.29) is 5.56 Å². The number of hydrogen-bond donors (Lipinski definition) is 1. The van der Waals surface area contributed by atoms with Crippen LogP contribution in [0.25, 0.3) is 10.9 Å². The lowest BCUT2D eigenvalue weighted by molar-refractivity contribution is 0.212. The number of rotatable bonds is 2. The minimum Gasteiger partial charge on any atom is -0.383 e. The predicted molar refractivity (Wildman–Crippen MR) is 72.1 cm³/mol. The van der Waals surface area contributed by atoms with Crippen molar-refractivity contribution in [2.24, 2.45) is 0 Å². The summed E-state index contributed by atoms with van der Waals surface area (Å²) in [6, 6.07) is 10.6. The number of halogens is 3. The van der Waals surface area contributed by atoms with E-state index >= 15 is 0 Å². The van der Waals surface area contributed by atoms with Gasteiger partial charge in [-0.25, -0.2) is 13.2 Å². The summed E-state index contributed by atoms with van der Waals surface area (Å²) < 4.78 is 39.9. The van der Waals surface area contributed by atoms with Crippen molar-refractivity contribution < 1.29 is 18.3 Å². The van der Waals surface area contributed by atoms with E-state index in [1.807, 2.05) is 6.07 Å². The molecule has 2 nitrogen and oxygen atoms in total. The molecule has 5 heteroatoms. The number of aliphatic hydroxyl groups excluding tert-OH is 1. The number of aliphatic hydroxyl groups is 1. The van der Waals surface area contributed by atoms with Gasteiger partial charge in [0.15, 0.2) is 17.5 Å². The van der Waals surface area contributed by atoms with Crippen LogP contribution in [0.4, 0.5) is 13.2 Å². The molecule has 2 aromatic carbocycles. The Labute approximate surface area is 118 Å². The average molecular weight is 289 g/mol. The van der Waals surface area contributed by atoms with Crippen LogP contribution in [0.15, 0.2) is 48.7 Å². The summed E-state index contributed by atoms with van der Waals surface area (Å²) in [5.41, 5.74) is 0.698. The topological polar surface area (TPSA) is 33.1 Å². The molecule has 0 amide bonds. The molecular weight excluding hydrogens is 279 g/mol. The highest BCUT2D eigenvalue weighted by Crippen LogP contribution is 2.27. The maximum absolute atomic E-state index is 13.7. The number of hydrogen-bond acceptors (Lipinski definition) is 2. The summed E-state index contributed by atoms with van der Waals surface area (Å²) in [4.78, 5) is 4.15. The number of fused-ring (bicyclic) bond motifs is 1. The highest BCUT2D eigenvalue weighted by molar-refractivity contribution is 5.78. The zero-order chi connectivity index (χ0) is 15.0. The van der Waals surface area contributed by atoms with Crippen molar-refractivity contribution in [3.05, 3.63) is 77.2 Å². The fraction of sp³-hybridized carbons (Fsp3) is 0.0625. The SMILES string of the molecule is OC(c1cnc2ccccc2c1)c1ccc(F)c(F)c1F.